The molecule has 0 spiro atoms. The second-order valence-corrected chi connectivity index (χ2v) is 4.60. The van der Waals surface area contributed by atoms with Gasteiger partial charge in [0.1, 0.15) is 5.82 Å². The molecule has 0 bridgehead atoms. The van der Waals surface area contributed by atoms with Gasteiger partial charge in [-0.1, -0.05) is 5.92 Å². The largest absolute Gasteiger partial charge is 0.478 e. The van der Waals surface area contributed by atoms with Gasteiger partial charge in [-0.25, -0.2) is 9.78 Å². The monoisotopic (exact) mass is 282 g/mol. The van der Waals surface area contributed by atoms with Crippen molar-refractivity contribution < 1.29 is 9.90 Å². The fourth-order valence-electron chi connectivity index (χ4n) is 1.03. The van der Waals surface area contributed by atoms with E-state index in [1.165, 1.54) is 12.3 Å². The lowest BCUT2D eigenvalue weighted by Gasteiger charge is -2.20. The van der Waals surface area contributed by atoms with E-state index in [9.17, 15) is 4.79 Å². The molecule has 0 unspecified atom stereocenters. The molecule has 0 aliphatic carbocycles. The van der Waals surface area contributed by atoms with Gasteiger partial charge in [0.2, 0.25) is 0 Å². The van der Waals surface area contributed by atoms with Crippen molar-refractivity contribution >= 4 is 27.7 Å². The number of hydrogen-bond acceptors (Lipinski definition) is 3. The van der Waals surface area contributed by atoms with Crippen LogP contribution in [0.25, 0.3) is 0 Å². The highest BCUT2D eigenvalue weighted by molar-refractivity contribution is 9.10. The number of carboxylic acid groups (broad SMARTS) is 1. The molecule has 0 aliphatic rings. The molecule has 0 aromatic carbocycles. The Morgan fingerprint density at radius 3 is 2.81 bits per heavy atom. The highest BCUT2D eigenvalue weighted by atomic mass is 79.9. The number of aromatic nitrogens is 1. The Morgan fingerprint density at radius 2 is 2.31 bits per heavy atom. The van der Waals surface area contributed by atoms with E-state index in [0.29, 0.717) is 10.3 Å². The summed E-state index contributed by atoms with van der Waals surface area (Å²) in [6.45, 7) is 3.61. The van der Waals surface area contributed by atoms with Crippen molar-refractivity contribution in [1.29, 1.82) is 0 Å². The standard InChI is InChI=1S/C11H11BrN2O2/c1-4-11(2,3)14-9-5-7(10(15)16)8(12)6-13-9/h1,5-6H,2-3H3,(H,13,14)(H,15,16). The van der Waals surface area contributed by atoms with Crippen LogP contribution in [0.2, 0.25) is 0 Å². The van der Waals surface area contributed by atoms with E-state index in [2.05, 4.69) is 32.2 Å². The van der Waals surface area contributed by atoms with E-state index in [0.717, 1.165) is 0 Å². The van der Waals surface area contributed by atoms with E-state index in [1.807, 2.05) is 0 Å². The van der Waals surface area contributed by atoms with Crippen molar-refractivity contribution in [2.75, 3.05) is 5.32 Å². The number of terminal acetylenes is 1. The Labute approximate surface area is 102 Å². The van der Waals surface area contributed by atoms with Crippen molar-refractivity contribution in [1.82, 2.24) is 4.98 Å². The van der Waals surface area contributed by atoms with Gasteiger partial charge in [-0.15, -0.1) is 6.42 Å². The fourth-order valence-corrected chi connectivity index (χ4v) is 1.41. The first-order valence-corrected chi connectivity index (χ1v) is 5.30. The van der Waals surface area contributed by atoms with Crippen LogP contribution < -0.4 is 5.32 Å². The molecule has 0 saturated carbocycles. The predicted molar refractivity (Wildman–Crippen MR) is 65.4 cm³/mol. The maximum absolute atomic E-state index is 10.9. The molecule has 0 saturated heterocycles. The van der Waals surface area contributed by atoms with E-state index < -0.39 is 11.5 Å². The third kappa shape index (κ3) is 2.97. The molecule has 0 radical (unpaired) electrons. The van der Waals surface area contributed by atoms with Gasteiger partial charge >= 0.3 is 5.97 Å². The number of rotatable bonds is 3. The quantitative estimate of drug-likeness (QED) is 0.836. The number of nitrogens with one attached hydrogen (secondary N) is 1. The van der Waals surface area contributed by atoms with Gasteiger partial charge in [0.15, 0.2) is 0 Å². The van der Waals surface area contributed by atoms with Crippen molar-refractivity contribution in [3.8, 4) is 12.3 Å². The zero-order chi connectivity index (χ0) is 12.3. The summed E-state index contributed by atoms with van der Waals surface area (Å²) in [4.78, 5) is 14.9. The topological polar surface area (TPSA) is 62.2 Å². The van der Waals surface area contributed by atoms with E-state index in [4.69, 9.17) is 11.5 Å². The molecular formula is C11H11BrN2O2. The molecule has 4 nitrogen and oxygen atoms in total. The summed E-state index contributed by atoms with van der Waals surface area (Å²) in [6, 6.07) is 1.44. The van der Waals surface area contributed by atoms with Crippen molar-refractivity contribution in [2.45, 2.75) is 19.4 Å². The van der Waals surface area contributed by atoms with Gasteiger partial charge in [-0.2, -0.15) is 0 Å². The number of carbonyl (C=O) groups is 1. The summed E-state index contributed by atoms with van der Waals surface area (Å²) in [6.07, 6.45) is 6.74. The maximum Gasteiger partial charge on any atom is 0.337 e. The Morgan fingerprint density at radius 1 is 1.69 bits per heavy atom. The molecular weight excluding hydrogens is 272 g/mol. The summed E-state index contributed by atoms with van der Waals surface area (Å²) >= 11 is 3.12. The Hall–Kier alpha value is -1.54. The Kier molecular flexibility index (Phi) is 3.55. The minimum absolute atomic E-state index is 0.144. The first-order valence-electron chi connectivity index (χ1n) is 4.50. The first kappa shape index (κ1) is 12.5. The highest BCUT2D eigenvalue weighted by Gasteiger charge is 2.16. The minimum atomic E-state index is -1.02. The number of halogens is 1. The molecule has 2 N–H and O–H groups in total. The molecule has 0 aliphatic heterocycles. The van der Waals surface area contributed by atoms with E-state index >= 15 is 0 Å². The molecule has 0 fully saturated rings. The summed E-state index contributed by atoms with van der Waals surface area (Å²) in [5.74, 6) is 1.96. The molecule has 0 amide bonds. The lowest BCUT2D eigenvalue weighted by Crippen LogP contribution is -2.29. The van der Waals surface area contributed by atoms with Crippen LogP contribution in [0, 0.1) is 12.3 Å². The molecule has 84 valence electrons. The number of hydrogen-bond donors (Lipinski definition) is 2. The van der Waals surface area contributed by atoms with Crippen LogP contribution in [0.3, 0.4) is 0 Å². The molecule has 16 heavy (non-hydrogen) atoms. The number of aromatic carboxylic acids is 1. The summed E-state index contributed by atoms with van der Waals surface area (Å²) in [5, 5.41) is 11.9. The van der Waals surface area contributed by atoms with Crippen LogP contribution >= 0.6 is 15.9 Å². The van der Waals surface area contributed by atoms with Crippen LogP contribution in [0.5, 0.6) is 0 Å². The molecule has 1 heterocycles. The average molecular weight is 283 g/mol. The lowest BCUT2D eigenvalue weighted by molar-refractivity contribution is 0.0696. The van der Waals surface area contributed by atoms with Crippen LogP contribution in [-0.4, -0.2) is 21.6 Å². The van der Waals surface area contributed by atoms with Gasteiger partial charge < -0.3 is 10.4 Å². The summed E-state index contributed by atoms with van der Waals surface area (Å²) in [7, 11) is 0. The molecule has 1 aromatic heterocycles. The molecule has 0 atom stereocenters. The third-order valence-electron chi connectivity index (χ3n) is 1.89. The normalized spacial score (nSPS) is 10.6. The third-order valence-corrected chi connectivity index (χ3v) is 2.52. The van der Waals surface area contributed by atoms with Gasteiger partial charge in [0.05, 0.1) is 15.6 Å². The highest BCUT2D eigenvalue weighted by Crippen LogP contribution is 2.20. The Balaban J connectivity index is 3.06. The Bertz CT molecular complexity index is 464. The lowest BCUT2D eigenvalue weighted by atomic mass is 10.1. The zero-order valence-corrected chi connectivity index (χ0v) is 10.5. The van der Waals surface area contributed by atoms with Gasteiger partial charge in [-0.05, 0) is 35.8 Å². The SMILES string of the molecule is C#CC(C)(C)Nc1cc(C(=O)O)c(Br)cn1. The average Bonchev–Trinajstić information content (AvgIpc) is 2.20. The van der Waals surface area contributed by atoms with Crippen molar-refractivity contribution in [3.63, 3.8) is 0 Å². The molecule has 1 aromatic rings. The van der Waals surface area contributed by atoms with Crippen LogP contribution in [-0.2, 0) is 0 Å². The number of pyridine rings is 1. The number of nitrogens with zero attached hydrogens (tertiary/aromatic N) is 1. The minimum Gasteiger partial charge on any atom is -0.478 e. The van der Waals surface area contributed by atoms with Crippen LogP contribution in [0.15, 0.2) is 16.7 Å². The van der Waals surface area contributed by atoms with E-state index in [1.54, 1.807) is 13.8 Å². The van der Waals surface area contributed by atoms with E-state index in [-0.39, 0.29) is 5.56 Å². The van der Waals surface area contributed by atoms with Crippen LogP contribution in [0.1, 0.15) is 24.2 Å². The van der Waals surface area contributed by atoms with Crippen LogP contribution in [0.4, 0.5) is 5.82 Å². The molecule has 5 heteroatoms. The summed E-state index contributed by atoms with van der Waals surface area (Å²) in [5.41, 5.74) is -0.429. The fraction of sp³-hybridized carbons (Fsp3) is 0.273. The van der Waals surface area contributed by atoms with Gasteiger partial charge in [0.25, 0.3) is 0 Å². The maximum atomic E-state index is 10.9. The smallest absolute Gasteiger partial charge is 0.337 e. The second-order valence-electron chi connectivity index (χ2n) is 3.75. The molecule has 1 rings (SSSR count). The summed E-state index contributed by atoms with van der Waals surface area (Å²) < 4.78 is 0.434. The zero-order valence-electron chi connectivity index (χ0n) is 8.91. The predicted octanol–water partition coefficient (Wildman–Crippen LogP) is 2.37. The van der Waals surface area contributed by atoms with Gasteiger partial charge in [-0.3, -0.25) is 0 Å². The van der Waals surface area contributed by atoms with Gasteiger partial charge in [0, 0.05) is 6.20 Å². The second kappa shape index (κ2) is 4.54. The first-order chi connectivity index (χ1) is 7.35. The number of anilines is 1. The number of carboxylic acids is 1. The van der Waals surface area contributed by atoms with Crippen molar-refractivity contribution in [2.24, 2.45) is 0 Å². The van der Waals surface area contributed by atoms with Crippen molar-refractivity contribution in [3.05, 3.63) is 22.3 Å².